The van der Waals surface area contributed by atoms with Gasteiger partial charge in [0.15, 0.2) is 0 Å². The molecule has 1 aliphatic rings. The fraction of sp³-hybridized carbons (Fsp3) is 0.400. The summed E-state index contributed by atoms with van der Waals surface area (Å²) in [5, 5.41) is 4.74. The predicted molar refractivity (Wildman–Crippen MR) is 152 cm³/mol. The molecule has 1 atom stereocenters. The lowest BCUT2D eigenvalue weighted by atomic mass is 9.95. The third-order valence-electron chi connectivity index (χ3n) is 7.44. The van der Waals surface area contributed by atoms with E-state index in [2.05, 4.69) is 5.32 Å². The summed E-state index contributed by atoms with van der Waals surface area (Å²) in [4.78, 5) is 28.7. The third kappa shape index (κ3) is 6.54. The minimum Gasteiger partial charge on any atom is -0.352 e. The summed E-state index contributed by atoms with van der Waals surface area (Å²) in [5.41, 5.74) is 2.35. The van der Waals surface area contributed by atoms with Crippen LogP contribution in [0.2, 0.25) is 0 Å². The summed E-state index contributed by atoms with van der Waals surface area (Å²) in [7, 11) is -3.80. The Labute approximate surface area is 225 Å². The van der Waals surface area contributed by atoms with Crippen LogP contribution in [0.1, 0.15) is 50.2 Å². The van der Waals surface area contributed by atoms with E-state index < -0.39 is 28.5 Å². The van der Waals surface area contributed by atoms with Crippen LogP contribution >= 0.6 is 0 Å². The Morgan fingerprint density at radius 2 is 1.61 bits per heavy atom. The number of benzene rings is 3. The molecular weight excluding hydrogens is 498 g/mol. The van der Waals surface area contributed by atoms with E-state index in [1.165, 1.54) is 11.3 Å². The first kappa shape index (κ1) is 27.6. The zero-order valence-electron chi connectivity index (χ0n) is 22.4. The Morgan fingerprint density at radius 1 is 0.947 bits per heavy atom. The van der Waals surface area contributed by atoms with Gasteiger partial charge >= 0.3 is 0 Å². The molecule has 3 aromatic carbocycles. The zero-order valence-corrected chi connectivity index (χ0v) is 23.2. The van der Waals surface area contributed by atoms with Crippen LogP contribution < -0.4 is 9.62 Å². The molecule has 0 saturated heterocycles. The predicted octanol–water partition coefficient (Wildman–Crippen LogP) is 4.78. The summed E-state index contributed by atoms with van der Waals surface area (Å²) in [6.45, 7) is 3.48. The largest absolute Gasteiger partial charge is 0.352 e. The van der Waals surface area contributed by atoms with Crippen molar-refractivity contribution in [1.82, 2.24) is 10.2 Å². The molecule has 1 fully saturated rings. The molecule has 0 aromatic heterocycles. The Balaban J connectivity index is 1.65. The number of carbonyl (C=O) groups is 2. The van der Waals surface area contributed by atoms with E-state index in [4.69, 9.17) is 0 Å². The molecule has 0 heterocycles. The second kappa shape index (κ2) is 12.0. The van der Waals surface area contributed by atoms with Gasteiger partial charge in [0.05, 0.1) is 11.9 Å². The average molecular weight is 536 g/mol. The molecule has 1 aliphatic carbocycles. The van der Waals surface area contributed by atoms with Crippen molar-refractivity contribution in [2.24, 2.45) is 0 Å². The van der Waals surface area contributed by atoms with Crippen molar-refractivity contribution in [1.29, 1.82) is 0 Å². The maximum absolute atomic E-state index is 13.9. The van der Waals surface area contributed by atoms with Crippen molar-refractivity contribution in [3.63, 3.8) is 0 Å². The number of anilines is 1. The average Bonchev–Trinajstić information content (AvgIpc) is 2.90. The molecule has 202 valence electrons. The van der Waals surface area contributed by atoms with E-state index in [1.807, 2.05) is 61.5 Å². The Hall–Kier alpha value is -3.39. The number of hydrogen-bond acceptors (Lipinski definition) is 4. The molecule has 0 spiro atoms. The zero-order chi connectivity index (χ0) is 27.3. The quantitative estimate of drug-likeness (QED) is 0.427. The van der Waals surface area contributed by atoms with Gasteiger partial charge in [0.1, 0.15) is 12.6 Å². The van der Waals surface area contributed by atoms with Crippen LogP contribution in [-0.4, -0.2) is 50.0 Å². The van der Waals surface area contributed by atoms with Gasteiger partial charge in [-0.05, 0) is 49.3 Å². The lowest BCUT2D eigenvalue weighted by Gasteiger charge is -2.33. The molecule has 0 radical (unpaired) electrons. The van der Waals surface area contributed by atoms with Crippen LogP contribution in [0.25, 0.3) is 10.8 Å². The monoisotopic (exact) mass is 535 g/mol. The number of fused-ring (bicyclic) bond motifs is 1. The van der Waals surface area contributed by atoms with Crippen LogP contribution in [0.15, 0.2) is 66.7 Å². The van der Waals surface area contributed by atoms with Crippen molar-refractivity contribution >= 4 is 38.3 Å². The molecule has 38 heavy (non-hydrogen) atoms. The van der Waals surface area contributed by atoms with Crippen molar-refractivity contribution in [3.05, 3.63) is 77.9 Å². The summed E-state index contributed by atoms with van der Waals surface area (Å²) in [6.07, 6.45) is 6.32. The van der Waals surface area contributed by atoms with Crippen LogP contribution in [0.4, 0.5) is 5.69 Å². The summed E-state index contributed by atoms with van der Waals surface area (Å²) in [6, 6.07) is 19.9. The fourth-order valence-corrected chi connectivity index (χ4v) is 6.00. The van der Waals surface area contributed by atoms with E-state index in [-0.39, 0.29) is 18.5 Å². The topological polar surface area (TPSA) is 86.8 Å². The van der Waals surface area contributed by atoms with E-state index in [0.29, 0.717) is 5.69 Å². The first-order valence-corrected chi connectivity index (χ1v) is 15.1. The molecule has 1 saturated carbocycles. The molecule has 2 amide bonds. The highest BCUT2D eigenvalue weighted by Crippen LogP contribution is 2.29. The van der Waals surface area contributed by atoms with E-state index in [0.717, 1.165) is 58.1 Å². The normalized spacial score (nSPS) is 15.1. The second-order valence-corrected chi connectivity index (χ2v) is 12.1. The molecule has 1 N–H and O–H groups in total. The van der Waals surface area contributed by atoms with Gasteiger partial charge in [-0.3, -0.25) is 13.9 Å². The minimum absolute atomic E-state index is 0.109. The maximum Gasteiger partial charge on any atom is 0.244 e. The van der Waals surface area contributed by atoms with Gasteiger partial charge < -0.3 is 10.2 Å². The van der Waals surface area contributed by atoms with Crippen molar-refractivity contribution in [2.45, 2.75) is 64.6 Å². The first-order valence-electron chi connectivity index (χ1n) is 13.2. The van der Waals surface area contributed by atoms with Crippen LogP contribution in [0, 0.1) is 6.92 Å². The van der Waals surface area contributed by atoms with Gasteiger partial charge in [0, 0.05) is 18.0 Å². The van der Waals surface area contributed by atoms with Crippen molar-refractivity contribution < 1.29 is 18.0 Å². The van der Waals surface area contributed by atoms with E-state index in [1.54, 1.807) is 19.1 Å². The number of sulfonamides is 1. The number of carbonyl (C=O) groups excluding carboxylic acids is 2. The molecule has 3 aromatic rings. The van der Waals surface area contributed by atoms with Crippen molar-refractivity contribution in [2.75, 3.05) is 17.1 Å². The Morgan fingerprint density at radius 3 is 2.32 bits per heavy atom. The number of amides is 2. The lowest BCUT2D eigenvalue weighted by molar-refractivity contribution is -0.139. The highest BCUT2D eigenvalue weighted by molar-refractivity contribution is 7.92. The molecule has 7 nitrogen and oxygen atoms in total. The number of nitrogens with zero attached hydrogens (tertiary/aromatic N) is 2. The summed E-state index contributed by atoms with van der Waals surface area (Å²) < 4.78 is 27.1. The molecular formula is C30H37N3O4S. The lowest BCUT2D eigenvalue weighted by Crippen LogP contribution is -2.53. The third-order valence-corrected chi connectivity index (χ3v) is 8.56. The second-order valence-electron chi connectivity index (χ2n) is 10.2. The number of aryl methyl sites for hydroxylation is 1. The van der Waals surface area contributed by atoms with Gasteiger partial charge in [-0.15, -0.1) is 0 Å². The standard InChI is InChI=1S/C30H37N3O4S/c1-22-12-7-8-14-25(22)20-32(23(2)30(35)31-26-16-5-4-6-17-26)29(34)21-33(38(3,36)37)28-19-11-15-24-13-9-10-18-27(24)28/h7-15,18-19,23,26H,4-6,16-17,20-21H2,1-3H3,(H,31,35)/t23-/m1/s1. The Bertz CT molecular complexity index is 1390. The molecule has 0 bridgehead atoms. The van der Waals surface area contributed by atoms with Crippen molar-refractivity contribution in [3.8, 4) is 0 Å². The molecule has 0 aliphatic heterocycles. The SMILES string of the molecule is Cc1ccccc1CN(C(=O)CN(c1cccc2ccccc12)S(C)(=O)=O)[C@H](C)C(=O)NC1CCCCC1. The van der Waals surface area contributed by atoms with Crippen LogP contribution in [-0.2, 0) is 26.2 Å². The van der Waals surface area contributed by atoms with Crippen LogP contribution in [0.5, 0.6) is 0 Å². The first-order chi connectivity index (χ1) is 18.1. The molecule has 8 heteroatoms. The highest BCUT2D eigenvalue weighted by atomic mass is 32.2. The summed E-state index contributed by atoms with van der Waals surface area (Å²) in [5.74, 6) is -0.646. The van der Waals surface area contributed by atoms with Gasteiger partial charge in [-0.25, -0.2) is 8.42 Å². The van der Waals surface area contributed by atoms with E-state index >= 15 is 0 Å². The van der Waals surface area contributed by atoms with E-state index in [9.17, 15) is 18.0 Å². The van der Waals surface area contributed by atoms with Gasteiger partial charge in [0.2, 0.25) is 21.8 Å². The highest BCUT2D eigenvalue weighted by Gasteiger charge is 2.31. The minimum atomic E-state index is -3.80. The van der Waals surface area contributed by atoms with Crippen LogP contribution in [0.3, 0.4) is 0 Å². The van der Waals surface area contributed by atoms with Gasteiger partial charge in [-0.1, -0.05) is 79.9 Å². The molecule has 4 rings (SSSR count). The Kier molecular flexibility index (Phi) is 8.72. The number of rotatable bonds is 9. The van der Waals surface area contributed by atoms with Gasteiger partial charge in [0.25, 0.3) is 0 Å². The maximum atomic E-state index is 13.9. The van der Waals surface area contributed by atoms with Gasteiger partial charge in [-0.2, -0.15) is 0 Å². The fourth-order valence-electron chi connectivity index (χ4n) is 5.14. The smallest absolute Gasteiger partial charge is 0.244 e. The molecule has 0 unspecified atom stereocenters. The number of hydrogen-bond donors (Lipinski definition) is 1. The number of nitrogens with one attached hydrogen (secondary N) is 1. The summed E-state index contributed by atoms with van der Waals surface area (Å²) >= 11 is 0.